The van der Waals surface area contributed by atoms with E-state index in [1.807, 2.05) is 30.3 Å². The van der Waals surface area contributed by atoms with Crippen LogP contribution in [0, 0.1) is 0 Å². The van der Waals surface area contributed by atoms with Crippen molar-refractivity contribution in [1.29, 1.82) is 0 Å². The SMILES string of the molecule is COc1cn(-c2ccccc2)nc1C(=O)N1CCN(S(=O)(=O)N(C)C)CC1. The molecule has 0 unspecified atom stereocenters. The highest BCUT2D eigenvalue weighted by Gasteiger charge is 2.32. The summed E-state index contributed by atoms with van der Waals surface area (Å²) in [6.07, 6.45) is 1.66. The first-order chi connectivity index (χ1) is 12.8. The van der Waals surface area contributed by atoms with Crippen molar-refractivity contribution in [2.75, 3.05) is 47.4 Å². The minimum absolute atomic E-state index is 0.213. The van der Waals surface area contributed by atoms with E-state index in [0.29, 0.717) is 18.8 Å². The van der Waals surface area contributed by atoms with Crippen LogP contribution in [0.5, 0.6) is 5.75 Å². The van der Waals surface area contributed by atoms with Crippen molar-refractivity contribution in [3.63, 3.8) is 0 Å². The van der Waals surface area contributed by atoms with Crippen molar-refractivity contribution >= 4 is 16.1 Å². The van der Waals surface area contributed by atoms with Crippen LogP contribution in [0.15, 0.2) is 36.5 Å². The lowest BCUT2D eigenvalue weighted by molar-refractivity contribution is 0.0685. The summed E-state index contributed by atoms with van der Waals surface area (Å²) in [5, 5.41) is 4.38. The molecule has 10 heteroatoms. The normalized spacial score (nSPS) is 15.9. The van der Waals surface area contributed by atoms with Gasteiger partial charge in [0.25, 0.3) is 16.1 Å². The van der Waals surface area contributed by atoms with E-state index in [1.54, 1.807) is 15.8 Å². The van der Waals surface area contributed by atoms with E-state index >= 15 is 0 Å². The lowest BCUT2D eigenvalue weighted by Crippen LogP contribution is -2.53. The number of methoxy groups -OCH3 is 1. The van der Waals surface area contributed by atoms with Gasteiger partial charge in [0.2, 0.25) is 0 Å². The summed E-state index contributed by atoms with van der Waals surface area (Å²) in [6, 6.07) is 9.43. The molecule has 2 aromatic rings. The van der Waals surface area contributed by atoms with E-state index in [0.717, 1.165) is 5.69 Å². The zero-order valence-corrected chi connectivity index (χ0v) is 16.4. The number of rotatable bonds is 5. The van der Waals surface area contributed by atoms with Gasteiger partial charge in [-0.2, -0.15) is 22.1 Å². The van der Waals surface area contributed by atoms with Crippen LogP contribution in [-0.4, -0.2) is 85.0 Å². The molecule has 0 spiro atoms. The van der Waals surface area contributed by atoms with E-state index in [1.165, 1.54) is 29.8 Å². The van der Waals surface area contributed by atoms with Crippen LogP contribution in [0.3, 0.4) is 0 Å². The molecule has 27 heavy (non-hydrogen) atoms. The Morgan fingerprint density at radius 2 is 1.74 bits per heavy atom. The van der Waals surface area contributed by atoms with Crippen LogP contribution in [-0.2, 0) is 10.2 Å². The number of carbonyl (C=O) groups excluding carboxylic acids is 1. The Hall–Kier alpha value is -2.43. The molecule has 2 heterocycles. The number of nitrogens with zero attached hydrogens (tertiary/aromatic N) is 5. The number of piperazine rings is 1. The minimum Gasteiger partial charge on any atom is -0.493 e. The maximum atomic E-state index is 12.9. The molecule has 1 aliphatic heterocycles. The number of amides is 1. The first kappa shape index (κ1) is 19.3. The smallest absolute Gasteiger partial charge is 0.281 e. The first-order valence-electron chi connectivity index (χ1n) is 8.50. The number of ether oxygens (including phenoxy) is 1. The first-order valence-corrected chi connectivity index (χ1v) is 9.90. The van der Waals surface area contributed by atoms with Crippen LogP contribution in [0.1, 0.15) is 10.5 Å². The Morgan fingerprint density at radius 3 is 2.30 bits per heavy atom. The second-order valence-corrected chi connectivity index (χ2v) is 8.45. The number of benzene rings is 1. The van der Waals surface area contributed by atoms with Gasteiger partial charge >= 0.3 is 0 Å². The third-order valence-electron chi connectivity index (χ3n) is 4.44. The molecule has 1 amide bonds. The quantitative estimate of drug-likeness (QED) is 0.736. The molecule has 1 aromatic carbocycles. The van der Waals surface area contributed by atoms with Crippen molar-refractivity contribution in [3.05, 3.63) is 42.2 Å². The van der Waals surface area contributed by atoms with Gasteiger partial charge in [-0.15, -0.1) is 0 Å². The molecule has 0 atom stereocenters. The Kier molecular flexibility index (Phi) is 5.49. The van der Waals surface area contributed by atoms with E-state index in [4.69, 9.17) is 4.74 Å². The predicted octanol–water partition coefficient (Wildman–Crippen LogP) is 0.445. The third kappa shape index (κ3) is 3.82. The van der Waals surface area contributed by atoms with Crippen molar-refractivity contribution in [1.82, 2.24) is 23.3 Å². The fraction of sp³-hybridized carbons (Fsp3) is 0.412. The second-order valence-electron chi connectivity index (χ2n) is 6.31. The maximum absolute atomic E-state index is 12.9. The molecule has 0 saturated carbocycles. The number of hydrogen-bond donors (Lipinski definition) is 0. The average molecular weight is 393 g/mol. The number of aromatic nitrogens is 2. The molecule has 1 aliphatic rings. The molecule has 0 N–H and O–H groups in total. The highest BCUT2D eigenvalue weighted by atomic mass is 32.2. The third-order valence-corrected chi connectivity index (χ3v) is 6.38. The molecular weight excluding hydrogens is 370 g/mol. The Bertz CT molecular complexity index is 903. The van der Waals surface area contributed by atoms with Crippen LogP contribution in [0.4, 0.5) is 0 Å². The molecule has 0 bridgehead atoms. The van der Waals surface area contributed by atoms with Gasteiger partial charge < -0.3 is 9.64 Å². The molecule has 1 saturated heterocycles. The zero-order valence-electron chi connectivity index (χ0n) is 15.6. The second kappa shape index (κ2) is 7.67. The van der Waals surface area contributed by atoms with E-state index in [-0.39, 0.29) is 24.7 Å². The molecule has 0 radical (unpaired) electrons. The molecule has 146 valence electrons. The van der Waals surface area contributed by atoms with Gasteiger partial charge in [0, 0.05) is 40.3 Å². The lowest BCUT2D eigenvalue weighted by Gasteiger charge is -2.34. The molecule has 1 fully saturated rings. The summed E-state index contributed by atoms with van der Waals surface area (Å²) in [4.78, 5) is 14.5. The van der Waals surface area contributed by atoms with Gasteiger partial charge in [-0.25, -0.2) is 4.68 Å². The summed E-state index contributed by atoms with van der Waals surface area (Å²) in [5.74, 6) is 0.107. The number of hydrogen-bond acceptors (Lipinski definition) is 5. The standard InChI is InChI=1S/C17H23N5O4S/c1-19(2)27(24,25)21-11-9-20(10-12-21)17(23)16-15(26-3)13-22(18-16)14-7-5-4-6-8-14/h4-8,13H,9-12H2,1-3H3. The van der Waals surface area contributed by atoms with Crippen molar-refractivity contribution in [2.24, 2.45) is 0 Å². The van der Waals surface area contributed by atoms with Gasteiger partial charge in [0.15, 0.2) is 11.4 Å². The summed E-state index contributed by atoms with van der Waals surface area (Å²) in [5.41, 5.74) is 1.03. The Balaban J connectivity index is 1.76. The van der Waals surface area contributed by atoms with Gasteiger partial charge in [-0.05, 0) is 12.1 Å². The molecule has 0 aliphatic carbocycles. The highest BCUT2D eigenvalue weighted by molar-refractivity contribution is 7.86. The summed E-state index contributed by atoms with van der Waals surface area (Å²) in [7, 11) is 1.00. The van der Waals surface area contributed by atoms with Crippen LogP contribution in [0.25, 0.3) is 5.69 Å². The lowest BCUT2D eigenvalue weighted by atomic mass is 10.3. The summed E-state index contributed by atoms with van der Waals surface area (Å²) in [6.45, 7) is 1.09. The van der Waals surface area contributed by atoms with Crippen LogP contribution < -0.4 is 4.74 Å². The molecule has 3 rings (SSSR count). The number of carbonyl (C=O) groups is 1. The molecule has 9 nitrogen and oxygen atoms in total. The van der Waals surface area contributed by atoms with Crippen molar-refractivity contribution in [3.8, 4) is 11.4 Å². The largest absolute Gasteiger partial charge is 0.493 e. The zero-order chi connectivity index (χ0) is 19.6. The maximum Gasteiger partial charge on any atom is 0.281 e. The topological polar surface area (TPSA) is 88.0 Å². The van der Waals surface area contributed by atoms with E-state index in [9.17, 15) is 13.2 Å². The number of para-hydroxylation sites is 1. The highest BCUT2D eigenvalue weighted by Crippen LogP contribution is 2.22. The fourth-order valence-electron chi connectivity index (χ4n) is 2.87. The minimum atomic E-state index is -3.47. The molecular formula is C17H23N5O4S. The monoisotopic (exact) mass is 393 g/mol. The Labute approximate surface area is 158 Å². The van der Waals surface area contributed by atoms with Crippen molar-refractivity contribution < 1.29 is 17.9 Å². The van der Waals surface area contributed by atoms with Crippen LogP contribution >= 0.6 is 0 Å². The summed E-state index contributed by atoms with van der Waals surface area (Å²) < 4.78 is 33.9. The van der Waals surface area contributed by atoms with Crippen molar-refractivity contribution in [2.45, 2.75) is 0 Å². The Morgan fingerprint density at radius 1 is 1.11 bits per heavy atom. The molecule has 1 aromatic heterocycles. The fourth-order valence-corrected chi connectivity index (χ4v) is 3.96. The predicted molar refractivity (Wildman–Crippen MR) is 100 cm³/mol. The van der Waals surface area contributed by atoms with Gasteiger partial charge in [0.1, 0.15) is 0 Å². The van der Waals surface area contributed by atoms with E-state index < -0.39 is 10.2 Å². The van der Waals surface area contributed by atoms with Gasteiger partial charge in [-0.1, -0.05) is 18.2 Å². The van der Waals surface area contributed by atoms with Gasteiger partial charge in [0.05, 0.1) is 19.0 Å². The van der Waals surface area contributed by atoms with Crippen LogP contribution in [0.2, 0.25) is 0 Å². The van der Waals surface area contributed by atoms with Gasteiger partial charge in [-0.3, -0.25) is 4.79 Å². The summed E-state index contributed by atoms with van der Waals surface area (Å²) >= 11 is 0. The average Bonchev–Trinajstić information content (AvgIpc) is 3.12. The van der Waals surface area contributed by atoms with E-state index in [2.05, 4.69) is 5.10 Å².